The molecule has 1 aromatic rings. The topological polar surface area (TPSA) is 32.3 Å². The summed E-state index contributed by atoms with van der Waals surface area (Å²) in [7, 11) is 1.52. The average Bonchev–Trinajstić information content (AvgIpc) is 2.31. The minimum atomic E-state index is -0.692. The van der Waals surface area contributed by atoms with Gasteiger partial charge in [-0.3, -0.25) is 4.79 Å². The van der Waals surface area contributed by atoms with Crippen molar-refractivity contribution in [3.8, 4) is 0 Å². The van der Waals surface area contributed by atoms with Gasteiger partial charge in [0, 0.05) is 19.7 Å². The van der Waals surface area contributed by atoms with Crippen molar-refractivity contribution in [2.75, 3.05) is 23.8 Å². The highest BCUT2D eigenvalue weighted by Crippen LogP contribution is 2.35. The average molecular weight is 240 g/mol. The van der Waals surface area contributed by atoms with Crippen LogP contribution in [0.4, 0.5) is 20.2 Å². The smallest absolute Gasteiger partial charge is 0.234 e. The Hall–Kier alpha value is -1.65. The number of carbonyl (C=O) groups excluding carboxylic acids is 1. The van der Waals surface area contributed by atoms with Crippen molar-refractivity contribution >= 4 is 17.3 Å². The van der Waals surface area contributed by atoms with Gasteiger partial charge < -0.3 is 10.2 Å². The second-order valence-electron chi connectivity index (χ2n) is 4.88. The van der Waals surface area contributed by atoms with Crippen LogP contribution in [0.25, 0.3) is 0 Å². The zero-order valence-electron chi connectivity index (χ0n) is 9.97. The summed E-state index contributed by atoms with van der Waals surface area (Å²) >= 11 is 0. The lowest BCUT2D eigenvalue weighted by Crippen LogP contribution is -2.40. The minimum absolute atomic E-state index is 0.172. The van der Waals surface area contributed by atoms with Crippen LogP contribution in [0.15, 0.2) is 12.1 Å². The number of amides is 1. The summed E-state index contributed by atoms with van der Waals surface area (Å²) in [4.78, 5) is 13.4. The third kappa shape index (κ3) is 1.85. The van der Waals surface area contributed by atoms with Gasteiger partial charge in [-0.25, -0.2) is 8.78 Å². The van der Waals surface area contributed by atoms with Crippen molar-refractivity contribution in [2.45, 2.75) is 13.8 Å². The van der Waals surface area contributed by atoms with Crippen LogP contribution < -0.4 is 10.2 Å². The molecule has 0 aliphatic carbocycles. The Morgan fingerprint density at radius 3 is 2.65 bits per heavy atom. The first-order valence-corrected chi connectivity index (χ1v) is 5.34. The van der Waals surface area contributed by atoms with Crippen molar-refractivity contribution in [3.05, 3.63) is 23.8 Å². The maximum atomic E-state index is 13.6. The lowest BCUT2D eigenvalue weighted by Gasteiger charge is -2.25. The molecule has 5 heteroatoms. The van der Waals surface area contributed by atoms with E-state index in [1.165, 1.54) is 11.9 Å². The molecule has 2 rings (SSSR count). The van der Waals surface area contributed by atoms with Crippen LogP contribution in [-0.4, -0.2) is 19.5 Å². The van der Waals surface area contributed by atoms with Gasteiger partial charge in [-0.2, -0.15) is 0 Å². The number of fused-ring (bicyclic) bond motifs is 1. The van der Waals surface area contributed by atoms with E-state index in [1.807, 2.05) is 0 Å². The number of nitrogens with zero attached hydrogens (tertiary/aromatic N) is 1. The summed E-state index contributed by atoms with van der Waals surface area (Å²) in [5.41, 5.74) is -0.248. The summed E-state index contributed by atoms with van der Waals surface area (Å²) < 4.78 is 26.8. The van der Waals surface area contributed by atoms with E-state index in [9.17, 15) is 13.6 Å². The van der Waals surface area contributed by atoms with Crippen molar-refractivity contribution in [3.63, 3.8) is 0 Å². The first-order chi connectivity index (χ1) is 7.83. The van der Waals surface area contributed by atoms with Gasteiger partial charge in [-0.05, 0) is 19.9 Å². The molecule has 0 aromatic heterocycles. The highest BCUT2D eigenvalue weighted by atomic mass is 19.1. The van der Waals surface area contributed by atoms with E-state index in [4.69, 9.17) is 0 Å². The Labute approximate surface area is 98.4 Å². The number of nitrogens with one attached hydrogen (secondary N) is 1. The van der Waals surface area contributed by atoms with E-state index in [1.54, 1.807) is 13.8 Å². The number of halogens is 2. The first kappa shape index (κ1) is 11.8. The molecular formula is C12H14F2N2O. The van der Waals surface area contributed by atoms with Crippen LogP contribution in [0, 0.1) is 17.0 Å². The van der Waals surface area contributed by atoms with Crippen LogP contribution in [0.5, 0.6) is 0 Å². The van der Waals surface area contributed by atoms with Crippen LogP contribution >= 0.6 is 0 Å². The van der Waals surface area contributed by atoms with Crippen molar-refractivity contribution in [1.29, 1.82) is 0 Å². The fourth-order valence-electron chi connectivity index (χ4n) is 1.95. The number of carbonyl (C=O) groups is 1. The summed E-state index contributed by atoms with van der Waals surface area (Å²) in [6.07, 6.45) is 0. The highest BCUT2D eigenvalue weighted by molar-refractivity contribution is 6.01. The predicted octanol–water partition coefficient (Wildman–Crippen LogP) is 2.38. The zero-order valence-corrected chi connectivity index (χ0v) is 9.97. The SMILES string of the molecule is CN1C(=O)C(C)(C)CNc2c(F)cc(F)cc21. The summed E-state index contributed by atoms with van der Waals surface area (Å²) in [6.45, 7) is 3.84. The zero-order chi connectivity index (χ0) is 12.8. The van der Waals surface area contributed by atoms with Crippen molar-refractivity contribution in [2.24, 2.45) is 5.41 Å². The van der Waals surface area contributed by atoms with Gasteiger partial charge in [0.2, 0.25) is 5.91 Å². The molecule has 17 heavy (non-hydrogen) atoms. The number of hydrogen-bond acceptors (Lipinski definition) is 2. The second-order valence-corrected chi connectivity index (χ2v) is 4.88. The van der Waals surface area contributed by atoms with E-state index in [2.05, 4.69) is 5.32 Å². The number of rotatable bonds is 0. The largest absolute Gasteiger partial charge is 0.380 e. The van der Waals surface area contributed by atoms with Gasteiger partial charge in [0.1, 0.15) is 5.82 Å². The molecule has 1 aliphatic heterocycles. The van der Waals surface area contributed by atoms with Crippen LogP contribution in [0.3, 0.4) is 0 Å². The molecule has 0 radical (unpaired) electrons. The quantitative estimate of drug-likeness (QED) is 0.755. The van der Waals surface area contributed by atoms with Gasteiger partial charge in [0.15, 0.2) is 5.82 Å². The highest BCUT2D eigenvalue weighted by Gasteiger charge is 2.35. The molecule has 1 N–H and O–H groups in total. The van der Waals surface area contributed by atoms with Gasteiger partial charge >= 0.3 is 0 Å². The predicted molar refractivity (Wildman–Crippen MR) is 62.0 cm³/mol. The molecular weight excluding hydrogens is 226 g/mol. The molecule has 1 heterocycles. The second kappa shape index (κ2) is 3.68. The molecule has 92 valence electrons. The maximum absolute atomic E-state index is 13.6. The Kier molecular flexibility index (Phi) is 2.56. The van der Waals surface area contributed by atoms with Gasteiger partial charge in [-0.15, -0.1) is 0 Å². The third-order valence-electron chi connectivity index (χ3n) is 2.99. The molecule has 0 bridgehead atoms. The molecule has 1 amide bonds. The molecule has 0 spiro atoms. The van der Waals surface area contributed by atoms with Crippen molar-refractivity contribution < 1.29 is 13.6 Å². The Morgan fingerprint density at radius 1 is 1.35 bits per heavy atom. The Balaban J connectivity index is 2.59. The maximum Gasteiger partial charge on any atom is 0.234 e. The molecule has 0 fully saturated rings. The summed E-state index contributed by atoms with van der Waals surface area (Å²) in [6, 6.07) is 1.97. The van der Waals surface area contributed by atoms with E-state index in [0.29, 0.717) is 6.54 Å². The lowest BCUT2D eigenvalue weighted by molar-refractivity contribution is -0.125. The fourth-order valence-corrected chi connectivity index (χ4v) is 1.95. The normalized spacial score (nSPS) is 18.4. The van der Waals surface area contributed by atoms with E-state index < -0.39 is 17.0 Å². The molecule has 0 atom stereocenters. The van der Waals surface area contributed by atoms with Gasteiger partial charge in [0.25, 0.3) is 0 Å². The van der Waals surface area contributed by atoms with Crippen LogP contribution in [0.2, 0.25) is 0 Å². The summed E-state index contributed by atoms with van der Waals surface area (Å²) in [5, 5.41) is 2.87. The molecule has 0 unspecified atom stereocenters. The monoisotopic (exact) mass is 240 g/mol. The Morgan fingerprint density at radius 2 is 2.00 bits per heavy atom. The number of hydrogen-bond donors (Lipinski definition) is 1. The van der Waals surface area contributed by atoms with Gasteiger partial charge in [-0.1, -0.05) is 0 Å². The lowest BCUT2D eigenvalue weighted by atomic mass is 9.92. The third-order valence-corrected chi connectivity index (χ3v) is 2.99. The minimum Gasteiger partial charge on any atom is -0.380 e. The van der Waals surface area contributed by atoms with Crippen LogP contribution in [0.1, 0.15) is 13.8 Å². The molecule has 1 aromatic carbocycles. The number of anilines is 2. The molecule has 3 nitrogen and oxygen atoms in total. The van der Waals surface area contributed by atoms with E-state index >= 15 is 0 Å². The number of benzene rings is 1. The Bertz CT molecular complexity index is 486. The first-order valence-electron chi connectivity index (χ1n) is 5.34. The van der Waals surface area contributed by atoms with Gasteiger partial charge in [0.05, 0.1) is 16.8 Å². The van der Waals surface area contributed by atoms with E-state index in [0.717, 1.165) is 12.1 Å². The fraction of sp³-hybridized carbons (Fsp3) is 0.417. The summed E-state index contributed by atoms with van der Waals surface area (Å²) in [5.74, 6) is -1.55. The molecule has 0 saturated carbocycles. The molecule has 0 saturated heterocycles. The standard InChI is InChI=1S/C12H14F2N2O/c1-12(2)6-15-10-8(14)4-7(13)5-9(10)16(3)11(12)17/h4-5,15H,6H2,1-3H3. The van der Waals surface area contributed by atoms with Crippen molar-refractivity contribution in [1.82, 2.24) is 0 Å². The van der Waals surface area contributed by atoms with Crippen LogP contribution in [-0.2, 0) is 4.79 Å². The van der Waals surface area contributed by atoms with E-state index in [-0.39, 0.29) is 17.3 Å². The molecule has 1 aliphatic rings.